The Hall–Kier alpha value is -2.45. The number of nitrogens with two attached hydrogens (primary N) is 1. The number of H-pyrrole nitrogens is 1. The average Bonchev–Trinajstić information content (AvgIpc) is 3.35. The molecule has 2 aliphatic heterocycles. The molecule has 0 aliphatic carbocycles. The number of aliphatic hydroxyl groups is 5. The summed E-state index contributed by atoms with van der Waals surface area (Å²) in [6.45, 7) is 0.226. The minimum Gasteiger partial charge on any atom is -0.506 e. The molecule has 22 heteroatoms. The van der Waals surface area contributed by atoms with Gasteiger partial charge in [-0.1, -0.05) is 0 Å². The minimum atomic E-state index is -5.53. The molecule has 0 radical (unpaired) electrons. The number of aromatic nitrogens is 4. The van der Waals surface area contributed by atoms with E-state index in [1.165, 1.54) is 6.92 Å². The van der Waals surface area contributed by atoms with Crippen LogP contribution in [0.5, 0.6) is 0 Å². The van der Waals surface area contributed by atoms with E-state index in [-0.39, 0.29) is 17.1 Å². The van der Waals surface area contributed by atoms with Crippen LogP contribution >= 0.6 is 15.6 Å². The lowest BCUT2D eigenvalue weighted by Gasteiger charge is -2.31. The maximum atomic E-state index is 12.3. The molecule has 1 saturated heterocycles. The number of imidazole rings is 1. The molecule has 2 aromatic rings. The molecule has 20 nitrogen and oxygen atoms in total. The molecule has 1 fully saturated rings. The van der Waals surface area contributed by atoms with Gasteiger partial charge in [0.25, 0.3) is 5.56 Å². The first-order valence-electron chi connectivity index (χ1n) is 10.5. The molecular formula is C16H23N5O15P2. The standard InChI is InChI=1S/C16H23N5O15P2/c1-4-7(22)9(24)11(26)15(33-4)35-38(30,31)36-37(28,29)32-2-5-8(23)10(25)14(34-5)21-3-18-6-12(21)19-16(17)20-13(6)27/h3-5,8,10-11,14-15,22-26H,2H2,1H3,(H,28,29)(H,30,31)(H3,17,19,20,27)/t4?,5-,8?,10?,11?,14-,15-/m1/s1. The Morgan fingerprint density at radius 3 is 2.50 bits per heavy atom. The number of nitrogen functional groups attached to an aromatic ring is 1. The summed E-state index contributed by atoms with van der Waals surface area (Å²) in [5, 5.41) is 49.7. The van der Waals surface area contributed by atoms with E-state index >= 15 is 0 Å². The van der Waals surface area contributed by atoms with E-state index in [0.717, 1.165) is 10.9 Å². The molecule has 9 atom stereocenters. The molecule has 2 aromatic heterocycles. The lowest BCUT2D eigenvalue weighted by molar-refractivity contribution is -0.187. The van der Waals surface area contributed by atoms with Crippen molar-refractivity contribution in [2.45, 2.75) is 50.0 Å². The number of hydrogen-bond donors (Lipinski definition) is 9. The van der Waals surface area contributed by atoms with Crippen molar-refractivity contribution in [2.24, 2.45) is 0 Å². The van der Waals surface area contributed by atoms with E-state index < -0.39 is 82.4 Å². The summed E-state index contributed by atoms with van der Waals surface area (Å²) >= 11 is 0. The van der Waals surface area contributed by atoms with Crippen LogP contribution in [0.1, 0.15) is 13.2 Å². The molecule has 4 heterocycles. The fourth-order valence-corrected chi connectivity index (χ4v) is 5.76. The molecule has 0 aromatic carbocycles. The first kappa shape index (κ1) is 28.6. The molecule has 4 rings (SSSR count). The van der Waals surface area contributed by atoms with E-state index in [0.29, 0.717) is 0 Å². The van der Waals surface area contributed by atoms with Crippen LogP contribution in [0.3, 0.4) is 0 Å². The number of aliphatic hydroxyl groups excluding tert-OH is 5. The van der Waals surface area contributed by atoms with Crippen molar-refractivity contribution >= 4 is 32.8 Å². The average molecular weight is 587 g/mol. The third-order valence-electron chi connectivity index (χ3n) is 5.43. The van der Waals surface area contributed by atoms with Crippen molar-refractivity contribution in [1.82, 2.24) is 19.5 Å². The van der Waals surface area contributed by atoms with Crippen molar-refractivity contribution in [3.63, 3.8) is 0 Å². The van der Waals surface area contributed by atoms with Crippen molar-refractivity contribution in [3.05, 3.63) is 28.2 Å². The Kier molecular flexibility index (Phi) is 7.71. The summed E-state index contributed by atoms with van der Waals surface area (Å²) < 4.78 is 49.1. The Balaban J connectivity index is 1.40. The molecule has 0 spiro atoms. The number of phosphoric ester groups is 2. The fraction of sp³-hybridized carbons (Fsp3) is 0.562. The third-order valence-corrected chi connectivity index (χ3v) is 8.03. The lowest BCUT2D eigenvalue weighted by Crippen LogP contribution is -2.41. The summed E-state index contributed by atoms with van der Waals surface area (Å²) in [5.41, 5.74) is 4.58. The SMILES string of the molecule is CC1O[C@H](OP(=O)(O)OP(=O)(O)OC[C@H]2O[C@@H](n3cnc4c(=O)[nH]c(N)nc43)C(O)C2O)C(O)C(O)=C1O. The summed E-state index contributed by atoms with van der Waals surface area (Å²) in [7, 11) is -11.0. The highest BCUT2D eigenvalue weighted by atomic mass is 31.3. The summed E-state index contributed by atoms with van der Waals surface area (Å²) in [4.78, 5) is 41.6. The number of anilines is 1. The van der Waals surface area contributed by atoms with Gasteiger partial charge in [-0.05, 0) is 6.92 Å². The maximum absolute atomic E-state index is 12.3. The first-order valence-corrected chi connectivity index (χ1v) is 13.5. The first-order chi connectivity index (χ1) is 17.6. The minimum absolute atomic E-state index is 0.103. The quantitative estimate of drug-likeness (QED) is 0.151. The Morgan fingerprint density at radius 1 is 1.13 bits per heavy atom. The van der Waals surface area contributed by atoms with Crippen LogP contribution in [-0.2, 0) is 32.0 Å². The van der Waals surface area contributed by atoms with Gasteiger partial charge in [-0.25, -0.2) is 14.1 Å². The van der Waals surface area contributed by atoms with Crippen LogP contribution in [0.25, 0.3) is 11.2 Å². The van der Waals surface area contributed by atoms with Gasteiger partial charge in [0, 0.05) is 0 Å². The Labute approximate surface area is 210 Å². The number of hydrogen-bond acceptors (Lipinski definition) is 16. The number of aromatic amines is 1. The van der Waals surface area contributed by atoms with Crippen molar-refractivity contribution in [1.29, 1.82) is 0 Å². The molecule has 6 unspecified atom stereocenters. The zero-order chi connectivity index (χ0) is 28.2. The molecule has 10 N–H and O–H groups in total. The van der Waals surface area contributed by atoms with E-state index in [4.69, 9.17) is 15.2 Å². The second-order valence-electron chi connectivity index (χ2n) is 8.10. The fourth-order valence-electron chi connectivity index (χ4n) is 3.61. The Bertz CT molecular complexity index is 1390. The zero-order valence-electron chi connectivity index (χ0n) is 19.0. The van der Waals surface area contributed by atoms with Crippen LogP contribution in [0.2, 0.25) is 0 Å². The van der Waals surface area contributed by atoms with Gasteiger partial charge >= 0.3 is 15.6 Å². The summed E-state index contributed by atoms with van der Waals surface area (Å²) in [6.07, 6.45) is -10.8. The van der Waals surface area contributed by atoms with E-state index in [9.17, 15) is 49.2 Å². The second kappa shape index (κ2) is 10.3. The van der Waals surface area contributed by atoms with Crippen molar-refractivity contribution in [2.75, 3.05) is 12.3 Å². The van der Waals surface area contributed by atoms with Crippen LogP contribution in [0.4, 0.5) is 5.95 Å². The predicted molar refractivity (Wildman–Crippen MR) is 119 cm³/mol. The molecule has 212 valence electrons. The lowest BCUT2D eigenvalue weighted by atomic mass is 10.1. The molecular weight excluding hydrogens is 564 g/mol. The normalized spacial score (nSPS) is 33.4. The number of rotatable bonds is 8. The van der Waals surface area contributed by atoms with E-state index in [1.807, 2.05) is 0 Å². The van der Waals surface area contributed by atoms with Gasteiger partial charge in [-0.3, -0.25) is 23.4 Å². The monoisotopic (exact) mass is 587 g/mol. The van der Waals surface area contributed by atoms with E-state index in [1.54, 1.807) is 0 Å². The number of fused-ring (bicyclic) bond motifs is 1. The van der Waals surface area contributed by atoms with E-state index in [2.05, 4.69) is 28.3 Å². The molecule has 0 saturated carbocycles. The number of ether oxygens (including phenoxy) is 2. The highest BCUT2D eigenvalue weighted by Gasteiger charge is 2.47. The molecule has 2 aliphatic rings. The van der Waals surface area contributed by atoms with Gasteiger partial charge in [0.1, 0.15) is 24.4 Å². The number of phosphoric acid groups is 2. The van der Waals surface area contributed by atoms with Gasteiger partial charge in [-0.15, -0.1) is 0 Å². The summed E-state index contributed by atoms with van der Waals surface area (Å²) in [5.74, 6) is -2.06. The van der Waals surface area contributed by atoms with Gasteiger partial charge in [0.05, 0.1) is 12.9 Å². The summed E-state index contributed by atoms with van der Waals surface area (Å²) in [6, 6.07) is 0. The molecule has 0 amide bonds. The topological polar surface area (TPSA) is 311 Å². The van der Waals surface area contributed by atoms with Gasteiger partial charge in [-0.2, -0.15) is 9.29 Å². The van der Waals surface area contributed by atoms with Crippen molar-refractivity contribution in [3.8, 4) is 0 Å². The van der Waals surface area contributed by atoms with Crippen LogP contribution in [0, 0.1) is 0 Å². The maximum Gasteiger partial charge on any atom is 0.483 e. The van der Waals surface area contributed by atoms with Crippen LogP contribution in [-0.4, -0.2) is 98.3 Å². The second-order valence-corrected chi connectivity index (χ2v) is 11.1. The number of nitrogens with one attached hydrogen (secondary N) is 1. The smallest absolute Gasteiger partial charge is 0.483 e. The predicted octanol–water partition coefficient (Wildman–Crippen LogP) is -2.00. The number of nitrogens with zero attached hydrogens (tertiary/aromatic N) is 3. The zero-order valence-corrected chi connectivity index (χ0v) is 20.8. The Morgan fingerprint density at radius 2 is 1.82 bits per heavy atom. The third kappa shape index (κ3) is 5.62. The van der Waals surface area contributed by atoms with Crippen molar-refractivity contribution < 1.29 is 67.3 Å². The van der Waals surface area contributed by atoms with Gasteiger partial charge in [0.2, 0.25) is 12.2 Å². The van der Waals surface area contributed by atoms with Crippen LogP contribution < -0.4 is 11.3 Å². The van der Waals surface area contributed by atoms with Gasteiger partial charge in [0.15, 0.2) is 35.0 Å². The van der Waals surface area contributed by atoms with Crippen LogP contribution in [0.15, 0.2) is 22.6 Å². The largest absolute Gasteiger partial charge is 0.506 e. The molecule has 0 bridgehead atoms. The highest BCUT2D eigenvalue weighted by molar-refractivity contribution is 7.61. The molecule has 38 heavy (non-hydrogen) atoms. The van der Waals surface area contributed by atoms with Gasteiger partial charge < -0.3 is 50.5 Å². The highest BCUT2D eigenvalue weighted by Crippen LogP contribution is 2.61.